The summed E-state index contributed by atoms with van der Waals surface area (Å²) in [7, 11) is -4.06. The zero-order chi connectivity index (χ0) is 15.2. The van der Waals surface area contributed by atoms with Crippen LogP contribution in [0.1, 0.15) is 29.6 Å². The molecular weight excluding hydrogens is 299 g/mol. The number of amides is 1. The van der Waals surface area contributed by atoms with E-state index in [9.17, 15) is 17.6 Å². The average Bonchev–Trinajstić information content (AvgIpc) is 2.99. The molecule has 2 saturated heterocycles. The van der Waals surface area contributed by atoms with Gasteiger partial charge in [-0.05, 0) is 37.5 Å². The van der Waals surface area contributed by atoms with Gasteiger partial charge in [0.15, 0.2) is 0 Å². The molecule has 21 heavy (non-hydrogen) atoms. The number of fused-ring (bicyclic) bond motifs is 2. The van der Waals surface area contributed by atoms with Crippen molar-refractivity contribution in [1.82, 2.24) is 5.32 Å². The fraction of sp³-hybridized carbons (Fsp3) is 0.462. The molecule has 3 unspecified atom stereocenters. The van der Waals surface area contributed by atoms with Gasteiger partial charge in [0.2, 0.25) is 10.0 Å². The van der Waals surface area contributed by atoms with Crippen LogP contribution in [0.2, 0.25) is 0 Å². The maximum atomic E-state index is 13.5. The summed E-state index contributed by atoms with van der Waals surface area (Å²) >= 11 is 0. The number of rotatable bonds is 3. The van der Waals surface area contributed by atoms with Gasteiger partial charge in [-0.2, -0.15) is 0 Å². The smallest absolute Gasteiger partial charge is 0.251 e. The van der Waals surface area contributed by atoms with E-state index in [2.05, 4.69) is 5.32 Å². The van der Waals surface area contributed by atoms with Gasteiger partial charge in [-0.15, -0.1) is 0 Å². The van der Waals surface area contributed by atoms with Gasteiger partial charge >= 0.3 is 0 Å². The number of hydrogen-bond donors (Lipinski definition) is 2. The number of carbonyl (C=O) groups is 1. The topological polar surface area (TPSA) is 98.5 Å². The lowest BCUT2D eigenvalue weighted by Gasteiger charge is -2.20. The van der Waals surface area contributed by atoms with Crippen LogP contribution >= 0.6 is 0 Å². The predicted molar refractivity (Wildman–Crippen MR) is 71.5 cm³/mol. The lowest BCUT2D eigenvalue weighted by Crippen LogP contribution is -2.41. The van der Waals surface area contributed by atoms with E-state index in [1.54, 1.807) is 0 Å². The van der Waals surface area contributed by atoms with Crippen molar-refractivity contribution in [3.63, 3.8) is 0 Å². The number of halogens is 1. The van der Waals surface area contributed by atoms with E-state index in [4.69, 9.17) is 9.88 Å². The van der Waals surface area contributed by atoms with Crippen LogP contribution in [0.3, 0.4) is 0 Å². The van der Waals surface area contributed by atoms with Crippen molar-refractivity contribution in [1.29, 1.82) is 0 Å². The molecule has 3 rings (SSSR count). The van der Waals surface area contributed by atoms with E-state index in [1.165, 1.54) is 0 Å². The second-order valence-electron chi connectivity index (χ2n) is 5.41. The highest BCUT2D eigenvalue weighted by Crippen LogP contribution is 2.34. The van der Waals surface area contributed by atoms with E-state index in [0.717, 1.165) is 37.5 Å². The summed E-state index contributed by atoms with van der Waals surface area (Å²) in [6.45, 7) is 0. The first kappa shape index (κ1) is 14.4. The van der Waals surface area contributed by atoms with Crippen LogP contribution in [-0.4, -0.2) is 32.6 Å². The first-order valence-electron chi connectivity index (χ1n) is 6.62. The van der Waals surface area contributed by atoms with Crippen LogP contribution in [0.25, 0.3) is 0 Å². The van der Waals surface area contributed by atoms with Crippen molar-refractivity contribution in [3.8, 4) is 0 Å². The molecule has 2 heterocycles. The second-order valence-corrected chi connectivity index (χ2v) is 6.97. The lowest BCUT2D eigenvalue weighted by atomic mass is 9.95. The minimum Gasteiger partial charge on any atom is -0.373 e. The van der Waals surface area contributed by atoms with Gasteiger partial charge in [-0.25, -0.2) is 17.9 Å². The highest BCUT2D eigenvalue weighted by atomic mass is 32.2. The Morgan fingerprint density at radius 3 is 2.67 bits per heavy atom. The Balaban J connectivity index is 1.80. The second kappa shape index (κ2) is 5.04. The molecule has 2 fully saturated rings. The molecule has 0 saturated carbocycles. The summed E-state index contributed by atoms with van der Waals surface area (Å²) in [6.07, 6.45) is 2.78. The van der Waals surface area contributed by atoms with E-state index >= 15 is 0 Å². The summed E-state index contributed by atoms with van der Waals surface area (Å²) in [6, 6.07) is 2.73. The highest BCUT2D eigenvalue weighted by molar-refractivity contribution is 7.89. The van der Waals surface area contributed by atoms with Crippen LogP contribution in [0, 0.1) is 5.82 Å². The van der Waals surface area contributed by atoms with Gasteiger partial charge in [0, 0.05) is 5.56 Å². The first-order valence-corrected chi connectivity index (χ1v) is 8.17. The molecule has 114 valence electrons. The van der Waals surface area contributed by atoms with Gasteiger partial charge < -0.3 is 10.1 Å². The number of ether oxygens (including phenoxy) is 1. The Morgan fingerprint density at radius 1 is 1.33 bits per heavy atom. The van der Waals surface area contributed by atoms with Crippen molar-refractivity contribution >= 4 is 15.9 Å². The number of carbonyl (C=O) groups excluding carboxylic acids is 1. The molecule has 0 aromatic heterocycles. The maximum Gasteiger partial charge on any atom is 0.251 e. The summed E-state index contributed by atoms with van der Waals surface area (Å²) in [5.41, 5.74) is -0.0678. The summed E-state index contributed by atoms with van der Waals surface area (Å²) < 4.78 is 41.6. The first-order chi connectivity index (χ1) is 9.83. The van der Waals surface area contributed by atoms with Crippen molar-refractivity contribution in [3.05, 3.63) is 29.6 Å². The molecule has 6 nitrogen and oxygen atoms in total. The Labute approximate surface area is 121 Å². The minimum absolute atomic E-state index is 0.00905. The number of primary sulfonamides is 1. The Hall–Kier alpha value is -1.51. The largest absolute Gasteiger partial charge is 0.373 e. The van der Waals surface area contributed by atoms with Gasteiger partial charge in [0.1, 0.15) is 5.82 Å². The number of hydrogen-bond acceptors (Lipinski definition) is 4. The van der Waals surface area contributed by atoms with Gasteiger partial charge in [0.05, 0.1) is 23.1 Å². The molecule has 1 aromatic rings. The van der Waals surface area contributed by atoms with Crippen molar-refractivity contribution in [2.45, 2.75) is 42.4 Å². The number of nitrogens with two attached hydrogens (primary N) is 1. The van der Waals surface area contributed by atoms with E-state index in [1.807, 2.05) is 0 Å². The summed E-state index contributed by atoms with van der Waals surface area (Å²) in [5, 5.41) is 7.73. The van der Waals surface area contributed by atoms with Gasteiger partial charge in [-0.1, -0.05) is 0 Å². The van der Waals surface area contributed by atoms with E-state index in [0.29, 0.717) is 0 Å². The number of benzene rings is 1. The molecule has 0 spiro atoms. The Bertz CT molecular complexity index is 691. The van der Waals surface area contributed by atoms with Crippen LogP contribution in [0.15, 0.2) is 23.1 Å². The molecule has 3 atom stereocenters. The van der Waals surface area contributed by atoms with E-state index in [-0.39, 0.29) is 23.8 Å². The van der Waals surface area contributed by atoms with Crippen LogP contribution in [0.5, 0.6) is 0 Å². The van der Waals surface area contributed by atoms with Crippen molar-refractivity contribution in [2.24, 2.45) is 5.14 Å². The fourth-order valence-electron chi connectivity index (χ4n) is 2.90. The molecule has 1 amide bonds. The summed E-state index contributed by atoms with van der Waals surface area (Å²) in [5.74, 6) is -1.35. The summed E-state index contributed by atoms with van der Waals surface area (Å²) in [4.78, 5) is 11.7. The number of sulfonamides is 1. The molecular formula is C13H15FN2O4S. The minimum atomic E-state index is -4.06. The van der Waals surface area contributed by atoms with Crippen LogP contribution in [0.4, 0.5) is 4.39 Å². The van der Waals surface area contributed by atoms with E-state index < -0.39 is 26.6 Å². The third-order valence-corrected chi connectivity index (χ3v) is 4.78. The molecule has 0 aliphatic carbocycles. The zero-order valence-electron chi connectivity index (χ0n) is 11.1. The number of nitrogens with one attached hydrogen (secondary N) is 1. The molecule has 1 aromatic carbocycles. The van der Waals surface area contributed by atoms with Gasteiger partial charge in [0.25, 0.3) is 5.91 Å². The normalized spacial score (nSPS) is 27.8. The lowest BCUT2D eigenvalue weighted by molar-refractivity contribution is 0.0840. The molecule has 2 bridgehead atoms. The fourth-order valence-corrected chi connectivity index (χ4v) is 3.47. The third kappa shape index (κ3) is 2.92. The molecule has 2 aliphatic rings. The zero-order valence-corrected chi connectivity index (χ0v) is 11.9. The SMILES string of the molecule is NS(=O)(=O)c1cc(F)cc(C(=O)NC2CC3CCC2O3)c1. The van der Waals surface area contributed by atoms with Crippen LogP contribution in [-0.2, 0) is 14.8 Å². The van der Waals surface area contributed by atoms with Crippen molar-refractivity contribution in [2.75, 3.05) is 0 Å². The standard InChI is InChI=1S/C13H15FN2O4S/c14-8-3-7(4-10(5-8)21(15,18)19)13(17)16-11-6-9-1-2-12(11)20-9/h3-5,9,11-12H,1-2,6H2,(H,16,17)(H2,15,18,19). The quantitative estimate of drug-likeness (QED) is 0.850. The molecule has 3 N–H and O–H groups in total. The monoisotopic (exact) mass is 314 g/mol. The molecule has 2 aliphatic heterocycles. The van der Waals surface area contributed by atoms with Crippen molar-refractivity contribution < 1.29 is 22.3 Å². The third-order valence-electron chi connectivity index (χ3n) is 3.88. The maximum absolute atomic E-state index is 13.5. The van der Waals surface area contributed by atoms with Crippen LogP contribution < -0.4 is 10.5 Å². The Kier molecular flexibility index (Phi) is 3.46. The molecule has 8 heteroatoms. The van der Waals surface area contributed by atoms with Gasteiger partial charge in [-0.3, -0.25) is 4.79 Å². The average molecular weight is 314 g/mol. The highest BCUT2D eigenvalue weighted by Gasteiger charge is 2.41. The predicted octanol–water partition coefficient (Wildman–Crippen LogP) is 0.523. The molecule has 0 radical (unpaired) electrons. The Morgan fingerprint density at radius 2 is 2.10 bits per heavy atom.